The van der Waals surface area contributed by atoms with Crippen LogP contribution < -0.4 is 14.8 Å². The number of fused-ring (bicyclic) bond motifs is 6. The Hall–Kier alpha value is -2.76. The summed E-state index contributed by atoms with van der Waals surface area (Å²) in [6, 6.07) is 10.6. The standard InChI is InChI=1S/C35H42ClN3O2/c1-40-32-19-26-16-24(17-27(26)20-33(32)41-2)14-22-8-11-39(12-9-22)13-10-37-35-29-7-6-28(36)21-30(29)38-31-18-23-4-3-5-25(15-23)34(31)35/h3-4,6-7,19-25H,5,8-18H2,1-2H3,(H,37,38). The third kappa shape index (κ3) is 5.44. The Kier molecular flexibility index (Phi) is 7.59. The second kappa shape index (κ2) is 11.5. The molecule has 2 bridgehead atoms. The largest absolute Gasteiger partial charge is 0.493 e. The molecule has 3 aromatic rings. The summed E-state index contributed by atoms with van der Waals surface area (Å²) >= 11 is 6.38. The van der Waals surface area contributed by atoms with E-state index in [2.05, 4.69) is 40.6 Å². The van der Waals surface area contributed by atoms with Crippen molar-refractivity contribution in [3.63, 3.8) is 0 Å². The minimum absolute atomic E-state index is 0.573. The van der Waals surface area contributed by atoms with Gasteiger partial charge in [-0.1, -0.05) is 23.8 Å². The van der Waals surface area contributed by atoms with Gasteiger partial charge < -0.3 is 19.7 Å². The number of hydrogen-bond donors (Lipinski definition) is 1. The molecule has 0 radical (unpaired) electrons. The van der Waals surface area contributed by atoms with E-state index in [-0.39, 0.29) is 0 Å². The fourth-order valence-electron chi connectivity index (χ4n) is 8.16. The number of anilines is 1. The quantitative estimate of drug-likeness (QED) is 0.285. The Bertz CT molecular complexity index is 1430. The molecule has 1 aromatic heterocycles. The van der Waals surface area contributed by atoms with E-state index < -0.39 is 0 Å². The van der Waals surface area contributed by atoms with Crippen LogP contribution in [0.4, 0.5) is 5.69 Å². The number of methoxy groups -OCH3 is 2. The van der Waals surface area contributed by atoms with Crippen LogP contribution in [-0.2, 0) is 19.3 Å². The van der Waals surface area contributed by atoms with Crippen molar-refractivity contribution >= 4 is 28.2 Å². The number of aromatic nitrogens is 1. The van der Waals surface area contributed by atoms with Gasteiger partial charge >= 0.3 is 0 Å². The van der Waals surface area contributed by atoms with Gasteiger partial charge in [-0.2, -0.15) is 0 Å². The monoisotopic (exact) mass is 571 g/mol. The van der Waals surface area contributed by atoms with Crippen molar-refractivity contribution in [1.82, 2.24) is 9.88 Å². The zero-order valence-electron chi connectivity index (χ0n) is 24.4. The summed E-state index contributed by atoms with van der Waals surface area (Å²) in [6.07, 6.45) is 14.5. The van der Waals surface area contributed by atoms with E-state index in [1.54, 1.807) is 14.2 Å². The average molecular weight is 572 g/mol. The third-order valence-corrected chi connectivity index (χ3v) is 10.4. The normalized spacial score (nSPS) is 22.5. The first-order valence-electron chi connectivity index (χ1n) is 15.6. The molecule has 2 aromatic carbocycles. The lowest BCUT2D eigenvalue weighted by atomic mass is 9.73. The van der Waals surface area contributed by atoms with E-state index in [1.165, 1.54) is 85.1 Å². The number of allylic oxidation sites excluding steroid dienone is 2. The average Bonchev–Trinajstić information content (AvgIpc) is 3.37. The number of nitrogens with one attached hydrogen (secondary N) is 1. The summed E-state index contributed by atoms with van der Waals surface area (Å²) < 4.78 is 11.1. The van der Waals surface area contributed by atoms with Crippen LogP contribution >= 0.6 is 11.6 Å². The molecule has 41 heavy (non-hydrogen) atoms. The Morgan fingerprint density at radius 1 is 0.976 bits per heavy atom. The first-order valence-corrected chi connectivity index (χ1v) is 15.9. The highest BCUT2D eigenvalue weighted by atomic mass is 35.5. The molecule has 0 saturated carbocycles. The summed E-state index contributed by atoms with van der Waals surface area (Å²) in [7, 11) is 3.46. The van der Waals surface area contributed by atoms with E-state index in [0.717, 1.165) is 59.8 Å². The second-order valence-electron chi connectivity index (χ2n) is 12.8. The van der Waals surface area contributed by atoms with Crippen LogP contribution in [0.5, 0.6) is 11.5 Å². The number of pyridine rings is 1. The molecule has 1 fully saturated rings. The maximum Gasteiger partial charge on any atom is 0.161 e. The molecule has 0 spiro atoms. The molecular weight excluding hydrogens is 530 g/mol. The summed E-state index contributed by atoms with van der Waals surface area (Å²) in [5.41, 5.74) is 7.97. The lowest BCUT2D eigenvalue weighted by molar-refractivity contribution is 0.172. The Balaban J connectivity index is 0.956. The predicted octanol–water partition coefficient (Wildman–Crippen LogP) is 7.44. The first kappa shape index (κ1) is 27.1. The summed E-state index contributed by atoms with van der Waals surface area (Å²) in [4.78, 5) is 7.78. The SMILES string of the molecule is COc1cc2c(cc1OC)CC(CC1CCN(CCNc3c4c(nc5cc(Cl)ccc35)CC3C=CCC4C3)CC1)C2. The molecule has 0 amide bonds. The van der Waals surface area contributed by atoms with Crippen LogP contribution in [0.15, 0.2) is 42.5 Å². The molecule has 1 aliphatic heterocycles. The topological polar surface area (TPSA) is 46.6 Å². The second-order valence-corrected chi connectivity index (χ2v) is 13.2. The van der Waals surface area contributed by atoms with Gasteiger partial charge in [0.05, 0.1) is 19.7 Å². The molecule has 2 atom stereocenters. The van der Waals surface area contributed by atoms with E-state index >= 15 is 0 Å². The maximum atomic E-state index is 6.38. The zero-order valence-corrected chi connectivity index (χ0v) is 25.2. The van der Waals surface area contributed by atoms with Crippen LogP contribution in [0.2, 0.25) is 5.02 Å². The summed E-state index contributed by atoms with van der Waals surface area (Å²) in [5, 5.41) is 5.89. The van der Waals surface area contributed by atoms with Gasteiger partial charge in [0.15, 0.2) is 11.5 Å². The lowest BCUT2D eigenvalue weighted by Gasteiger charge is -2.35. The predicted molar refractivity (Wildman–Crippen MR) is 168 cm³/mol. The van der Waals surface area contributed by atoms with Crippen LogP contribution in [0, 0.1) is 17.8 Å². The Morgan fingerprint density at radius 3 is 2.46 bits per heavy atom. The molecule has 216 valence electrons. The number of halogens is 1. The van der Waals surface area contributed by atoms with Crippen molar-refractivity contribution in [1.29, 1.82) is 0 Å². The number of likely N-dealkylation sites (tertiary alicyclic amines) is 1. The molecule has 2 unspecified atom stereocenters. The van der Waals surface area contributed by atoms with Crippen LogP contribution in [0.25, 0.3) is 10.9 Å². The van der Waals surface area contributed by atoms with Gasteiger partial charge in [-0.25, -0.2) is 0 Å². The molecule has 7 rings (SSSR count). The van der Waals surface area contributed by atoms with Gasteiger partial charge in [-0.15, -0.1) is 0 Å². The summed E-state index contributed by atoms with van der Waals surface area (Å²) in [6.45, 7) is 4.45. The maximum absolute atomic E-state index is 6.38. The Morgan fingerprint density at radius 2 is 1.73 bits per heavy atom. The number of ether oxygens (including phenoxy) is 2. The van der Waals surface area contributed by atoms with Crippen LogP contribution in [0.3, 0.4) is 0 Å². The minimum Gasteiger partial charge on any atom is -0.493 e. The number of benzene rings is 2. The van der Waals surface area contributed by atoms with Crippen molar-refractivity contribution in [2.45, 2.75) is 57.3 Å². The minimum atomic E-state index is 0.573. The van der Waals surface area contributed by atoms with Gasteiger partial charge in [0, 0.05) is 40.4 Å². The smallest absolute Gasteiger partial charge is 0.161 e. The molecule has 3 aliphatic carbocycles. The van der Waals surface area contributed by atoms with Crippen LogP contribution in [0.1, 0.15) is 60.4 Å². The van der Waals surface area contributed by atoms with Gasteiger partial charge in [0.2, 0.25) is 0 Å². The van der Waals surface area contributed by atoms with Crippen molar-refractivity contribution in [3.05, 3.63) is 69.9 Å². The number of piperidine rings is 1. The van der Waals surface area contributed by atoms with Crippen molar-refractivity contribution < 1.29 is 9.47 Å². The fourth-order valence-corrected chi connectivity index (χ4v) is 8.33. The fraction of sp³-hybridized carbons (Fsp3) is 0.514. The number of hydrogen-bond acceptors (Lipinski definition) is 5. The molecule has 1 N–H and O–H groups in total. The van der Waals surface area contributed by atoms with Crippen molar-refractivity contribution in [3.8, 4) is 11.5 Å². The van der Waals surface area contributed by atoms with E-state index in [0.29, 0.717) is 11.8 Å². The van der Waals surface area contributed by atoms with Gasteiger partial charge in [0.1, 0.15) is 0 Å². The van der Waals surface area contributed by atoms with Gasteiger partial charge in [0.25, 0.3) is 0 Å². The highest BCUT2D eigenvalue weighted by Gasteiger charge is 2.32. The van der Waals surface area contributed by atoms with Gasteiger partial charge in [-0.3, -0.25) is 4.98 Å². The number of rotatable bonds is 8. The molecular formula is C35H42ClN3O2. The van der Waals surface area contributed by atoms with Crippen molar-refractivity contribution in [2.75, 3.05) is 45.7 Å². The molecule has 6 heteroatoms. The molecule has 2 heterocycles. The first-order chi connectivity index (χ1) is 20.1. The Labute approximate surface area is 249 Å². The summed E-state index contributed by atoms with van der Waals surface area (Å²) in [5.74, 6) is 4.49. The van der Waals surface area contributed by atoms with E-state index in [4.69, 9.17) is 26.1 Å². The molecule has 4 aliphatic rings. The van der Waals surface area contributed by atoms with E-state index in [1.807, 2.05) is 12.1 Å². The molecule has 5 nitrogen and oxygen atoms in total. The van der Waals surface area contributed by atoms with E-state index in [9.17, 15) is 0 Å². The van der Waals surface area contributed by atoms with Crippen molar-refractivity contribution in [2.24, 2.45) is 17.8 Å². The molecule has 1 saturated heterocycles. The highest BCUT2D eigenvalue weighted by molar-refractivity contribution is 6.31. The van der Waals surface area contributed by atoms with Gasteiger partial charge in [-0.05, 0) is 130 Å². The lowest BCUT2D eigenvalue weighted by Crippen LogP contribution is -2.37. The zero-order chi connectivity index (χ0) is 27.9. The third-order valence-electron chi connectivity index (χ3n) is 10.2. The van der Waals surface area contributed by atoms with Crippen LogP contribution in [-0.4, -0.2) is 50.3 Å². The number of nitrogens with zero attached hydrogens (tertiary/aromatic N) is 2. The highest BCUT2D eigenvalue weighted by Crippen LogP contribution is 2.46.